The number of aromatic nitrogens is 1. The Labute approximate surface area is 111 Å². The minimum Gasteiger partial charge on any atom is -0.391 e. The Hall–Kier alpha value is -2.55. The molecule has 0 atom stereocenters. The van der Waals surface area contributed by atoms with Gasteiger partial charge in [-0.25, -0.2) is 0 Å². The number of hydrogen-bond donors (Lipinski definition) is 1. The molecule has 2 aromatic carbocycles. The molecule has 1 aromatic heterocycles. The second kappa shape index (κ2) is 5.40. The van der Waals surface area contributed by atoms with Gasteiger partial charge in [0.1, 0.15) is 6.61 Å². The predicted molar refractivity (Wildman–Crippen MR) is 76.0 cm³/mol. The lowest BCUT2D eigenvalue weighted by molar-refractivity contribution is 0.132. The monoisotopic (exact) mass is 249 g/mol. The van der Waals surface area contributed by atoms with Crippen molar-refractivity contribution in [2.75, 3.05) is 0 Å². The minimum absolute atomic E-state index is 0.478. The molecule has 0 amide bonds. The Morgan fingerprint density at radius 1 is 1.21 bits per heavy atom. The Bertz CT molecular complexity index is 686. The van der Waals surface area contributed by atoms with Gasteiger partial charge in [-0.05, 0) is 23.8 Å². The molecule has 0 spiro atoms. The standard InChI is InChI=1S/C16H13N2O/c1-2-6-13(7-3-1)12-19-18-11-14-10-17-16-9-5-4-8-15(14)16/h1-3,5-11,17H,12H2. The van der Waals surface area contributed by atoms with Gasteiger partial charge in [-0.15, -0.1) is 0 Å². The molecule has 19 heavy (non-hydrogen) atoms. The van der Waals surface area contributed by atoms with Crippen molar-refractivity contribution >= 4 is 17.1 Å². The highest BCUT2D eigenvalue weighted by Gasteiger charge is 1.99. The number of nitrogens with one attached hydrogen (secondary N) is 1. The Morgan fingerprint density at radius 3 is 3.00 bits per heavy atom. The summed E-state index contributed by atoms with van der Waals surface area (Å²) in [5, 5.41) is 5.09. The van der Waals surface area contributed by atoms with Crippen LogP contribution in [0.2, 0.25) is 0 Å². The van der Waals surface area contributed by atoms with Crippen LogP contribution in [0.15, 0.2) is 59.9 Å². The van der Waals surface area contributed by atoms with E-state index >= 15 is 0 Å². The third-order valence-corrected chi connectivity index (χ3v) is 2.90. The zero-order chi connectivity index (χ0) is 12.9. The average Bonchev–Trinajstić information content (AvgIpc) is 2.88. The third kappa shape index (κ3) is 2.65. The molecule has 0 bridgehead atoms. The second-order valence-corrected chi connectivity index (χ2v) is 4.21. The van der Waals surface area contributed by atoms with Crippen LogP contribution in [0.3, 0.4) is 0 Å². The normalized spacial score (nSPS) is 11.2. The number of benzene rings is 2. The number of hydrogen-bond acceptors (Lipinski definition) is 2. The van der Waals surface area contributed by atoms with Crippen LogP contribution in [0.25, 0.3) is 10.9 Å². The fourth-order valence-corrected chi connectivity index (χ4v) is 1.92. The lowest BCUT2D eigenvalue weighted by Gasteiger charge is -1.98. The molecule has 3 aromatic rings. The third-order valence-electron chi connectivity index (χ3n) is 2.90. The van der Waals surface area contributed by atoms with Crippen molar-refractivity contribution in [3.05, 3.63) is 71.9 Å². The van der Waals surface area contributed by atoms with E-state index < -0.39 is 0 Å². The topological polar surface area (TPSA) is 37.4 Å². The van der Waals surface area contributed by atoms with Gasteiger partial charge in [0.25, 0.3) is 0 Å². The molecule has 0 unspecified atom stereocenters. The van der Waals surface area contributed by atoms with Crippen molar-refractivity contribution < 1.29 is 4.84 Å². The van der Waals surface area contributed by atoms with E-state index in [1.807, 2.05) is 54.7 Å². The van der Waals surface area contributed by atoms with Gasteiger partial charge in [0.15, 0.2) is 0 Å². The summed E-state index contributed by atoms with van der Waals surface area (Å²) in [5.74, 6) is 0. The zero-order valence-corrected chi connectivity index (χ0v) is 10.3. The van der Waals surface area contributed by atoms with E-state index in [1.54, 1.807) is 6.21 Å². The van der Waals surface area contributed by atoms with Gasteiger partial charge in [0.2, 0.25) is 0 Å². The average molecular weight is 249 g/mol. The highest BCUT2D eigenvalue weighted by molar-refractivity contribution is 5.98. The predicted octanol–water partition coefficient (Wildman–Crippen LogP) is 3.52. The maximum absolute atomic E-state index is 5.29. The number of H-pyrrole nitrogens is 1. The van der Waals surface area contributed by atoms with E-state index in [2.05, 4.69) is 16.2 Å². The molecule has 0 fully saturated rings. The molecule has 1 N–H and O–H groups in total. The molecule has 1 radical (unpaired) electrons. The number of fused-ring (bicyclic) bond motifs is 1. The second-order valence-electron chi connectivity index (χ2n) is 4.21. The summed E-state index contributed by atoms with van der Waals surface area (Å²) >= 11 is 0. The van der Waals surface area contributed by atoms with Crippen molar-refractivity contribution in [1.29, 1.82) is 0 Å². The van der Waals surface area contributed by atoms with Gasteiger partial charge in [0, 0.05) is 22.7 Å². The van der Waals surface area contributed by atoms with Crippen LogP contribution in [0.4, 0.5) is 0 Å². The fraction of sp³-hybridized carbons (Fsp3) is 0.0625. The van der Waals surface area contributed by atoms with E-state index in [0.717, 1.165) is 22.0 Å². The van der Waals surface area contributed by atoms with Gasteiger partial charge in [0.05, 0.1) is 6.21 Å². The first kappa shape index (κ1) is 11.5. The Balaban J connectivity index is 1.67. The molecule has 93 valence electrons. The van der Waals surface area contributed by atoms with Crippen LogP contribution in [-0.4, -0.2) is 11.2 Å². The molecule has 0 aliphatic heterocycles. The summed E-state index contributed by atoms with van der Waals surface area (Å²) in [5.41, 5.74) is 3.18. The zero-order valence-electron chi connectivity index (χ0n) is 10.3. The molecular formula is C16H13N2O. The summed E-state index contributed by atoms with van der Waals surface area (Å²) in [4.78, 5) is 8.47. The first-order valence-corrected chi connectivity index (χ1v) is 6.10. The summed E-state index contributed by atoms with van der Waals surface area (Å²) in [6.07, 6.45) is 3.63. The van der Waals surface area contributed by atoms with Crippen LogP contribution in [-0.2, 0) is 11.4 Å². The number of nitrogens with zero attached hydrogens (tertiary/aromatic N) is 1. The van der Waals surface area contributed by atoms with Crippen LogP contribution in [0, 0.1) is 6.07 Å². The molecule has 0 saturated heterocycles. The Kier molecular flexibility index (Phi) is 3.28. The summed E-state index contributed by atoms with van der Waals surface area (Å²) in [6, 6.07) is 18.8. The van der Waals surface area contributed by atoms with E-state index in [-0.39, 0.29) is 0 Å². The highest BCUT2D eigenvalue weighted by atomic mass is 16.6. The molecule has 3 rings (SSSR count). The fourth-order valence-electron chi connectivity index (χ4n) is 1.92. The van der Waals surface area contributed by atoms with E-state index in [0.29, 0.717) is 6.61 Å². The summed E-state index contributed by atoms with van der Waals surface area (Å²) in [7, 11) is 0. The Morgan fingerprint density at radius 2 is 2.11 bits per heavy atom. The van der Waals surface area contributed by atoms with Crippen LogP contribution in [0.5, 0.6) is 0 Å². The van der Waals surface area contributed by atoms with E-state index in [9.17, 15) is 0 Å². The lowest BCUT2D eigenvalue weighted by Crippen LogP contribution is -1.87. The molecular weight excluding hydrogens is 236 g/mol. The maximum Gasteiger partial charge on any atom is 0.142 e. The summed E-state index contributed by atoms with van der Waals surface area (Å²) in [6.45, 7) is 0.478. The van der Waals surface area contributed by atoms with Crippen molar-refractivity contribution in [1.82, 2.24) is 4.98 Å². The van der Waals surface area contributed by atoms with Crippen molar-refractivity contribution in [3.8, 4) is 0 Å². The van der Waals surface area contributed by atoms with Crippen molar-refractivity contribution in [3.63, 3.8) is 0 Å². The SMILES string of the molecule is [c]1ccc2[nH]cc(C=NOCc3ccccc3)c2c1. The number of rotatable bonds is 4. The van der Waals surface area contributed by atoms with Crippen LogP contribution in [0.1, 0.15) is 11.1 Å². The van der Waals surface area contributed by atoms with E-state index in [4.69, 9.17) is 4.84 Å². The quantitative estimate of drug-likeness (QED) is 0.557. The molecule has 0 saturated carbocycles. The van der Waals surface area contributed by atoms with Gasteiger partial charge >= 0.3 is 0 Å². The van der Waals surface area contributed by atoms with Crippen LogP contribution >= 0.6 is 0 Å². The van der Waals surface area contributed by atoms with Gasteiger partial charge in [-0.2, -0.15) is 0 Å². The number of oxime groups is 1. The lowest BCUT2D eigenvalue weighted by atomic mass is 10.2. The maximum atomic E-state index is 5.29. The molecule has 1 heterocycles. The molecule has 3 heteroatoms. The number of aromatic amines is 1. The van der Waals surface area contributed by atoms with Gasteiger partial charge in [-0.3, -0.25) is 0 Å². The van der Waals surface area contributed by atoms with Gasteiger partial charge in [-0.1, -0.05) is 41.6 Å². The van der Waals surface area contributed by atoms with Crippen molar-refractivity contribution in [2.24, 2.45) is 5.16 Å². The first-order chi connectivity index (χ1) is 9.43. The molecule has 0 aliphatic carbocycles. The first-order valence-electron chi connectivity index (χ1n) is 6.10. The highest BCUT2D eigenvalue weighted by Crippen LogP contribution is 2.15. The molecule has 0 aliphatic rings. The van der Waals surface area contributed by atoms with E-state index in [1.165, 1.54) is 0 Å². The van der Waals surface area contributed by atoms with Gasteiger partial charge < -0.3 is 9.82 Å². The largest absolute Gasteiger partial charge is 0.391 e. The smallest absolute Gasteiger partial charge is 0.142 e. The van der Waals surface area contributed by atoms with Crippen molar-refractivity contribution in [2.45, 2.75) is 6.61 Å². The van der Waals surface area contributed by atoms with Crippen LogP contribution < -0.4 is 0 Å². The summed E-state index contributed by atoms with van der Waals surface area (Å²) < 4.78 is 0. The molecule has 3 nitrogen and oxygen atoms in total. The minimum atomic E-state index is 0.478.